The summed E-state index contributed by atoms with van der Waals surface area (Å²) in [5.41, 5.74) is 6.47. The summed E-state index contributed by atoms with van der Waals surface area (Å²) in [5, 5.41) is 7.31. The second-order valence-corrected chi connectivity index (χ2v) is 6.92. The van der Waals surface area contributed by atoms with Crippen molar-refractivity contribution in [3.8, 4) is 0 Å². The number of hydrogen-bond acceptors (Lipinski definition) is 5. The number of rotatable bonds is 5. The fourth-order valence-corrected chi connectivity index (χ4v) is 3.83. The van der Waals surface area contributed by atoms with E-state index in [2.05, 4.69) is 19.9 Å². The second-order valence-electron chi connectivity index (χ2n) is 5.74. The quantitative estimate of drug-likeness (QED) is 0.595. The second kappa shape index (κ2) is 7.47. The Balaban J connectivity index is 1.72. The SMILES string of the molecule is Nc1nc(N2CCC(C(NS(=O)O)c3cccc(Cl)c3)CC2)n[nH]1. The van der Waals surface area contributed by atoms with Gasteiger partial charge in [0.15, 0.2) is 0 Å². The normalized spacial score (nSPS) is 18.5. The summed E-state index contributed by atoms with van der Waals surface area (Å²) in [6.07, 6.45) is 1.66. The van der Waals surface area contributed by atoms with E-state index in [0.29, 0.717) is 16.9 Å². The number of anilines is 2. The predicted molar refractivity (Wildman–Crippen MR) is 93.8 cm³/mol. The molecule has 1 aliphatic heterocycles. The molecule has 2 heterocycles. The van der Waals surface area contributed by atoms with Gasteiger partial charge in [0.25, 0.3) is 0 Å². The van der Waals surface area contributed by atoms with E-state index >= 15 is 0 Å². The van der Waals surface area contributed by atoms with E-state index < -0.39 is 11.3 Å². The van der Waals surface area contributed by atoms with Crippen LogP contribution in [0.2, 0.25) is 5.02 Å². The Bertz CT molecular complexity index is 719. The lowest BCUT2D eigenvalue weighted by Crippen LogP contribution is -2.40. The van der Waals surface area contributed by atoms with Gasteiger partial charge in [-0.3, -0.25) is 4.55 Å². The van der Waals surface area contributed by atoms with Crippen molar-refractivity contribution >= 4 is 34.8 Å². The van der Waals surface area contributed by atoms with E-state index in [1.54, 1.807) is 6.07 Å². The third-order valence-electron chi connectivity index (χ3n) is 4.22. The first kappa shape index (κ1) is 17.2. The average Bonchev–Trinajstić information content (AvgIpc) is 2.99. The number of piperidine rings is 1. The molecule has 0 saturated carbocycles. The molecule has 0 amide bonds. The minimum atomic E-state index is -2.10. The average molecular weight is 371 g/mol. The van der Waals surface area contributed by atoms with Crippen molar-refractivity contribution in [1.82, 2.24) is 19.9 Å². The van der Waals surface area contributed by atoms with Crippen molar-refractivity contribution in [1.29, 1.82) is 0 Å². The molecule has 2 aromatic rings. The van der Waals surface area contributed by atoms with Crippen LogP contribution in [0.25, 0.3) is 0 Å². The van der Waals surface area contributed by atoms with Crippen molar-refractivity contribution in [2.45, 2.75) is 18.9 Å². The Morgan fingerprint density at radius 3 is 2.79 bits per heavy atom. The minimum absolute atomic E-state index is 0.201. The topological polar surface area (TPSA) is 120 Å². The number of nitrogens with two attached hydrogens (primary N) is 1. The Labute approximate surface area is 147 Å². The molecule has 5 N–H and O–H groups in total. The zero-order valence-electron chi connectivity index (χ0n) is 12.9. The summed E-state index contributed by atoms with van der Waals surface area (Å²) in [4.78, 5) is 6.19. The maximum atomic E-state index is 11.3. The highest BCUT2D eigenvalue weighted by Gasteiger charge is 2.30. The largest absolute Gasteiger partial charge is 0.368 e. The monoisotopic (exact) mass is 370 g/mol. The minimum Gasteiger partial charge on any atom is -0.368 e. The fraction of sp³-hybridized carbons (Fsp3) is 0.429. The van der Waals surface area contributed by atoms with E-state index in [1.807, 2.05) is 23.1 Å². The van der Waals surface area contributed by atoms with Crippen LogP contribution in [0, 0.1) is 5.92 Å². The molecule has 0 aliphatic carbocycles. The highest BCUT2D eigenvalue weighted by Crippen LogP contribution is 2.33. The Morgan fingerprint density at radius 1 is 1.46 bits per heavy atom. The van der Waals surface area contributed by atoms with Gasteiger partial charge in [-0.05, 0) is 36.5 Å². The van der Waals surface area contributed by atoms with E-state index in [1.165, 1.54) is 0 Å². The summed E-state index contributed by atoms with van der Waals surface area (Å²) < 4.78 is 23.4. The molecule has 8 nitrogen and oxygen atoms in total. The molecule has 1 aromatic heterocycles. The van der Waals surface area contributed by atoms with Gasteiger partial charge in [0.2, 0.25) is 23.2 Å². The van der Waals surface area contributed by atoms with E-state index in [4.69, 9.17) is 17.3 Å². The van der Waals surface area contributed by atoms with Gasteiger partial charge in [0.1, 0.15) is 0 Å². The van der Waals surface area contributed by atoms with Gasteiger partial charge >= 0.3 is 0 Å². The van der Waals surface area contributed by atoms with Crippen LogP contribution >= 0.6 is 11.6 Å². The summed E-state index contributed by atoms with van der Waals surface area (Å²) in [6, 6.07) is 7.13. The van der Waals surface area contributed by atoms with Crippen molar-refractivity contribution in [2.75, 3.05) is 23.7 Å². The molecule has 1 fully saturated rings. The number of aromatic nitrogens is 3. The molecule has 0 radical (unpaired) electrons. The number of nitrogens with one attached hydrogen (secondary N) is 2. The molecular weight excluding hydrogens is 352 g/mol. The zero-order valence-corrected chi connectivity index (χ0v) is 14.4. The molecule has 3 rings (SSSR count). The molecule has 130 valence electrons. The van der Waals surface area contributed by atoms with Crippen LogP contribution in [0.1, 0.15) is 24.4 Å². The number of aromatic amines is 1. The predicted octanol–water partition coefficient (Wildman–Crippen LogP) is 1.72. The smallest absolute Gasteiger partial charge is 0.246 e. The maximum absolute atomic E-state index is 11.3. The van der Waals surface area contributed by atoms with E-state index in [0.717, 1.165) is 31.5 Å². The van der Waals surface area contributed by atoms with Crippen LogP contribution in [0.15, 0.2) is 24.3 Å². The number of halogens is 1. The molecule has 2 atom stereocenters. The molecule has 1 saturated heterocycles. The molecule has 10 heteroatoms. The lowest BCUT2D eigenvalue weighted by molar-refractivity contribution is 0.324. The van der Waals surface area contributed by atoms with Gasteiger partial charge in [0, 0.05) is 24.2 Å². The first-order valence-corrected chi connectivity index (χ1v) is 9.06. The van der Waals surface area contributed by atoms with Crippen LogP contribution in [-0.4, -0.2) is 37.0 Å². The molecule has 1 aromatic carbocycles. The maximum Gasteiger partial charge on any atom is 0.246 e. The highest BCUT2D eigenvalue weighted by atomic mass is 35.5. The van der Waals surface area contributed by atoms with Gasteiger partial charge in [-0.1, -0.05) is 23.7 Å². The van der Waals surface area contributed by atoms with Crippen molar-refractivity contribution in [3.05, 3.63) is 34.9 Å². The Hall–Kier alpha value is -1.68. The van der Waals surface area contributed by atoms with Crippen LogP contribution in [0.4, 0.5) is 11.9 Å². The van der Waals surface area contributed by atoms with Crippen LogP contribution in [0.3, 0.4) is 0 Å². The number of hydrogen-bond donors (Lipinski definition) is 4. The van der Waals surface area contributed by atoms with E-state index in [-0.39, 0.29) is 12.0 Å². The first-order valence-electron chi connectivity index (χ1n) is 7.58. The van der Waals surface area contributed by atoms with Crippen LogP contribution in [0.5, 0.6) is 0 Å². The van der Waals surface area contributed by atoms with Crippen molar-refractivity contribution in [3.63, 3.8) is 0 Å². The lowest BCUT2D eigenvalue weighted by atomic mass is 9.86. The third kappa shape index (κ3) is 4.04. The molecule has 1 aliphatic rings. The Morgan fingerprint density at radius 2 is 2.21 bits per heavy atom. The van der Waals surface area contributed by atoms with Gasteiger partial charge in [-0.15, -0.1) is 5.10 Å². The third-order valence-corrected chi connectivity index (χ3v) is 4.91. The van der Waals surface area contributed by atoms with Gasteiger partial charge in [-0.2, -0.15) is 4.98 Å². The first-order chi connectivity index (χ1) is 11.5. The van der Waals surface area contributed by atoms with Crippen LogP contribution in [-0.2, 0) is 11.3 Å². The molecule has 2 unspecified atom stereocenters. The number of nitrogens with zero attached hydrogens (tertiary/aromatic N) is 3. The number of H-pyrrole nitrogens is 1. The summed E-state index contributed by atoms with van der Waals surface area (Å²) in [6.45, 7) is 1.50. The Kier molecular flexibility index (Phi) is 5.34. The van der Waals surface area contributed by atoms with Gasteiger partial charge < -0.3 is 10.6 Å². The fourth-order valence-electron chi connectivity index (χ4n) is 3.08. The molecule has 0 spiro atoms. The van der Waals surface area contributed by atoms with Gasteiger partial charge in [-0.25, -0.2) is 14.0 Å². The summed E-state index contributed by atoms with van der Waals surface area (Å²) in [5.74, 6) is 1.08. The van der Waals surface area contributed by atoms with Crippen LogP contribution < -0.4 is 15.4 Å². The summed E-state index contributed by atoms with van der Waals surface area (Å²) >= 11 is 3.96. The van der Waals surface area contributed by atoms with Crippen molar-refractivity contribution in [2.24, 2.45) is 5.92 Å². The summed E-state index contributed by atoms with van der Waals surface area (Å²) in [7, 11) is 0. The highest BCUT2D eigenvalue weighted by molar-refractivity contribution is 7.77. The zero-order chi connectivity index (χ0) is 17.1. The standard InChI is InChI=1S/C14H19ClN6O2S/c15-11-3-1-2-10(8-11)12(20-24(22)23)9-4-6-21(7-5-9)14-17-13(16)18-19-14/h1-3,8-9,12,20H,4-7H2,(H,22,23)(H3,16,17,18,19). The molecule has 0 bridgehead atoms. The molecular formula is C14H19ClN6O2S. The van der Waals surface area contributed by atoms with Gasteiger partial charge in [0.05, 0.1) is 0 Å². The van der Waals surface area contributed by atoms with E-state index in [9.17, 15) is 8.76 Å². The van der Waals surface area contributed by atoms with Crippen molar-refractivity contribution < 1.29 is 8.76 Å². The number of benzene rings is 1. The lowest BCUT2D eigenvalue weighted by Gasteiger charge is -2.35. The number of nitrogen functional groups attached to an aromatic ring is 1. The molecule has 24 heavy (non-hydrogen) atoms.